The van der Waals surface area contributed by atoms with Gasteiger partial charge in [0.25, 0.3) is 0 Å². The minimum absolute atomic E-state index is 0.546. The fraction of sp³-hybridized carbons (Fsp3) is 0.267. The molecule has 0 saturated carbocycles. The van der Waals surface area contributed by atoms with Gasteiger partial charge in [-0.25, -0.2) is 13.1 Å². The van der Waals surface area contributed by atoms with Gasteiger partial charge >= 0.3 is 0 Å². The highest BCUT2D eigenvalue weighted by molar-refractivity contribution is 7.97. The molecule has 21 heavy (non-hydrogen) atoms. The van der Waals surface area contributed by atoms with E-state index < -0.39 is 21.3 Å². The predicted octanol–water partition coefficient (Wildman–Crippen LogP) is 2.80. The molecule has 1 aliphatic rings. The molecule has 1 aromatic carbocycles. The van der Waals surface area contributed by atoms with E-state index >= 15 is 0 Å². The van der Waals surface area contributed by atoms with Crippen molar-refractivity contribution in [3.63, 3.8) is 0 Å². The SMILES string of the molecule is C=S(C)(=O)N1CC=C(c2c[nH]c3cc(F)c(F)cc23)CC1. The molecular formula is C15H16F2N2OS. The van der Waals surface area contributed by atoms with Crippen molar-refractivity contribution in [3.8, 4) is 0 Å². The van der Waals surface area contributed by atoms with E-state index in [2.05, 4.69) is 10.9 Å². The molecule has 0 spiro atoms. The molecule has 0 fully saturated rings. The largest absolute Gasteiger partial charge is 0.360 e. The maximum Gasteiger partial charge on any atom is 0.160 e. The molecule has 1 aliphatic heterocycles. The van der Waals surface area contributed by atoms with Crippen LogP contribution < -0.4 is 0 Å². The van der Waals surface area contributed by atoms with Crippen LogP contribution >= 0.6 is 0 Å². The Hall–Kier alpha value is -1.66. The number of nitrogens with zero attached hydrogens (tertiary/aromatic N) is 1. The number of H-pyrrole nitrogens is 1. The van der Waals surface area contributed by atoms with Gasteiger partial charge in [0.1, 0.15) is 0 Å². The zero-order valence-corrected chi connectivity index (χ0v) is 12.5. The smallest absolute Gasteiger partial charge is 0.160 e. The summed E-state index contributed by atoms with van der Waals surface area (Å²) < 4.78 is 40.4. The molecule has 2 heterocycles. The van der Waals surface area contributed by atoms with E-state index in [4.69, 9.17) is 0 Å². The van der Waals surface area contributed by atoms with Gasteiger partial charge in [-0.3, -0.25) is 4.21 Å². The summed E-state index contributed by atoms with van der Waals surface area (Å²) in [7, 11) is -2.20. The van der Waals surface area contributed by atoms with Crippen molar-refractivity contribution in [2.75, 3.05) is 19.3 Å². The Morgan fingerprint density at radius 2 is 2.05 bits per heavy atom. The highest BCUT2D eigenvalue weighted by atomic mass is 32.2. The summed E-state index contributed by atoms with van der Waals surface area (Å²) in [5, 5.41) is 0.667. The first-order valence-electron chi connectivity index (χ1n) is 6.59. The van der Waals surface area contributed by atoms with E-state index in [-0.39, 0.29) is 0 Å². The molecule has 3 rings (SSSR count). The lowest BCUT2D eigenvalue weighted by molar-refractivity contribution is 0.484. The first-order chi connectivity index (χ1) is 9.86. The molecule has 1 unspecified atom stereocenters. The number of aromatic amines is 1. The zero-order valence-electron chi connectivity index (χ0n) is 11.7. The van der Waals surface area contributed by atoms with Gasteiger partial charge in [0.2, 0.25) is 0 Å². The van der Waals surface area contributed by atoms with Crippen LogP contribution in [0.25, 0.3) is 16.5 Å². The first kappa shape index (κ1) is 14.3. The quantitative estimate of drug-likeness (QED) is 0.851. The third-order valence-electron chi connectivity index (χ3n) is 3.79. The lowest BCUT2D eigenvalue weighted by Crippen LogP contribution is -2.33. The Kier molecular flexibility index (Phi) is 3.37. The molecule has 1 aromatic heterocycles. The average molecular weight is 310 g/mol. The van der Waals surface area contributed by atoms with E-state index in [9.17, 15) is 13.0 Å². The summed E-state index contributed by atoms with van der Waals surface area (Å²) in [6, 6.07) is 2.38. The van der Waals surface area contributed by atoms with Gasteiger partial charge in [-0.1, -0.05) is 6.08 Å². The molecule has 0 amide bonds. The number of hydrogen-bond acceptors (Lipinski definition) is 1. The summed E-state index contributed by atoms with van der Waals surface area (Å²) in [6.45, 7) is 1.19. The second-order valence-corrected chi connectivity index (χ2v) is 7.78. The van der Waals surface area contributed by atoms with Crippen molar-refractivity contribution >= 4 is 32.1 Å². The summed E-state index contributed by atoms with van der Waals surface area (Å²) in [5.41, 5.74) is 2.49. The number of aromatic nitrogens is 1. The fourth-order valence-electron chi connectivity index (χ4n) is 2.63. The van der Waals surface area contributed by atoms with E-state index in [0.717, 1.165) is 11.1 Å². The maximum atomic E-state index is 13.4. The van der Waals surface area contributed by atoms with Crippen LogP contribution in [0.15, 0.2) is 24.4 Å². The lowest BCUT2D eigenvalue weighted by Gasteiger charge is -2.27. The van der Waals surface area contributed by atoms with Crippen LogP contribution in [-0.2, 0) is 9.71 Å². The number of halogens is 2. The topological polar surface area (TPSA) is 36.1 Å². The normalized spacial score (nSPS) is 19.5. The third-order valence-corrected chi connectivity index (χ3v) is 5.21. The Balaban J connectivity index is 1.99. The van der Waals surface area contributed by atoms with E-state index in [0.29, 0.717) is 30.4 Å². The number of nitrogens with one attached hydrogen (secondary N) is 1. The van der Waals surface area contributed by atoms with Crippen LogP contribution in [0.1, 0.15) is 12.0 Å². The summed E-state index contributed by atoms with van der Waals surface area (Å²) in [6.07, 6.45) is 6.06. The Labute approximate surface area is 122 Å². The Bertz CT molecular complexity index is 837. The minimum Gasteiger partial charge on any atom is -0.360 e. The molecular weight excluding hydrogens is 294 g/mol. The van der Waals surface area contributed by atoms with Crippen molar-refractivity contribution in [2.45, 2.75) is 6.42 Å². The van der Waals surface area contributed by atoms with Crippen LogP contribution in [0.5, 0.6) is 0 Å². The van der Waals surface area contributed by atoms with Gasteiger partial charge in [0.05, 0.1) is 0 Å². The summed E-state index contributed by atoms with van der Waals surface area (Å²) >= 11 is 0. The van der Waals surface area contributed by atoms with Gasteiger partial charge in [0, 0.05) is 57.8 Å². The zero-order chi connectivity index (χ0) is 15.2. The van der Waals surface area contributed by atoms with Gasteiger partial charge in [-0.2, -0.15) is 0 Å². The van der Waals surface area contributed by atoms with Gasteiger partial charge in [-0.15, -0.1) is 0 Å². The minimum atomic E-state index is -2.20. The molecule has 6 heteroatoms. The molecule has 0 bridgehead atoms. The number of hydrogen-bond donors (Lipinski definition) is 1. The standard InChI is InChI=1S/C15H16F2N2OS/c1-21(2,20)19-5-3-10(4-6-19)12-9-18-15-8-14(17)13(16)7-11(12)15/h3,7-9,18H,1,4-6H2,2H3. The summed E-state index contributed by atoms with van der Waals surface area (Å²) in [4.78, 5) is 2.96. The van der Waals surface area contributed by atoms with E-state index in [1.807, 2.05) is 10.4 Å². The monoisotopic (exact) mass is 310 g/mol. The van der Waals surface area contributed by atoms with Crippen molar-refractivity contribution in [1.29, 1.82) is 0 Å². The van der Waals surface area contributed by atoms with E-state index in [1.165, 1.54) is 12.1 Å². The van der Waals surface area contributed by atoms with Crippen molar-refractivity contribution in [2.24, 2.45) is 0 Å². The molecule has 0 saturated heterocycles. The third kappa shape index (κ3) is 2.61. The van der Waals surface area contributed by atoms with Gasteiger partial charge < -0.3 is 4.98 Å². The van der Waals surface area contributed by atoms with Crippen LogP contribution in [-0.4, -0.2) is 38.7 Å². The average Bonchev–Trinajstić information content (AvgIpc) is 2.81. The number of benzene rings is 1. The molecule has 2 aromatic rings. The number of fused-ring (bicyclic) bond motifs is 1. The van der Waals surface area contributed by atoms with Crippen molar-refractivity contribution in [1.82, 2.24) is 9.29 Å². The van der Waals surface area contributed by atoms with Crippen molar-refractivity contribution < 1.29 is 13.0 Å². The number of rotatable bonds is 2. The second-order valence-electron chi connectivity index (χ2n) is 5.34. The predicted molar refractivity (Wildman–Crippen MR) is 83.6 cm³/mol. The molecule has 1 N–H and O–H groups in total. The highest BCUT2D eigenvalue weighted by Crippen LogP contribution is 2.30. The lowest BCUT2D eigenvalue weighted by atomic mass is 9.99. The maximum absolute atomic E-state index is 13.4. The molecule has 0 radical (unpaired) electrons. The molecule has 0 aliphatic carbocycles. The summed E-state index contributed by atoms with van der Waals surface area (Å²) in [5.74, 6) is 1.97. The second kappa shape index (κ2) is 4.96. The Morgan fingerprint density at radius 3 is 2.67 bits per heavy atom. The van der Waals surface area contributed by atoms with Crippen LogP contribution in [0.3, 0.4) is 0 Å². The van der Waals surface area contributed by atoms with Gasteiger partial charge in [0.15, 0.2) is 11.6 Å². The Morgan fingerprint density at radius 1 is 1.33 bits per heavy atom. The van der Waals surface area contributed by atoms with Crippen LogP contribution in [0.4, 0.5) is 8.78 Å². The van der Waals surface area contributed by atoms with Crippen LogP contribution in [0.2, 0.25) is 0 Å². The highest BCUT2D eigenvalue weighted by Gasteiger charge is 2.19. The molecule has 1 atom stereocenters. The molecule has 3 nitrogen and oxygen atoms in total. The van der Waals surface area contributed by atoms with Crippen molar-refractivity contribution in [3.05, 3.63) is 41.6 Å². The van der Waals surface area contributed by atoms with Gasteiger partial charge in [-0.05, 0) is 23.9 Å². The first-order valence-corrected chi connectivity index (χ1v) is 8.68. The van der Waals surface area contributed by atoms with E-state index in [1.54, 1.807) is 12.5 Å². The fourth-order valence-corrected chi connectivity index (χ4v) is 3.50. The molecule has 112 valence electrons. The van der Waals surface area contributed by atoms with Crippen LogP contribution in [0, 0.1) is 11.6 Å².